The molecule has 6 aromatic heterocycles. The first-order valence-corrected chi connectivity index (χ1v) is 45.8. The smallest absolute Gasteiger partial charge is 0.164 e. The molecule has 0 saturated heterocycles. The van der Waals surface area contributed by atoms with Gasteiger partial charge in [0.25, 0.3) is 0 Å². The van der Waals surface area contributed by atoms with E-state index in [9.17, 15) is 0 Å². The monoisotopic (exact) mass is 1740 g/mol. The van der Waals surface area contributed by atoms with Gasteiger partial charge >= 0.3 is 0 Å². The highest BCUT2D eigenvalue weighted by Gasteiger charge is 2.22. The lowest BCUT2D eigenvalue weighted by Crippen LogP contribution is -2.00. The number of para-hydroxylation sites is 2. The van der Waals surface area contributed by atoms with Crippen molar-refractivity contribution in [1.82, 2.24) is 44.9 Å². The third-order valence-corrected chi connectivity index (χ3v) is 26.1. The van der Waals surface area contributed by atoms with E-state index in [1.165, 1.54) is 53.0 Å². The van der Waals surface area contributed by atoms with Crippen LogP contribution in [0, 0.1) is 0 Å². The summed E-state index contributed by atoms with van der Waals surface area (Å²) in [6, 6.07) is 162. The Kier molecular flexibility index (Phi) is 20.9. The Morgan fingerprint density at radius 3 is 1.02 bits per heavy atom. The van der Waals surface area contributed by atoms with Crippen LogP contribution in [-0.2, 0) is 0 Å². The Labute approximate surface area is 781 Å². The average molecular weight is 1750 g/mol. The van der Waals surface area contributed by atoms with Crippen LogP contribution in [0.3, 0.4) is 0 Å². The number of thiophene rings is 1. The quantitative estimate of drug-likeness (QED) is 0.103. The van der Waals surface area contributed by atoms with E-state index in [1.807, 2.05) is 145 Å². The molecule has 6 heterocycles. The van der Waals surface area contributed by atoms with Crippen molar-refractivity contribution >= 4 is 108 Å². The van der Waals surface area contributed by atoms with Crippen LogP contribution in [0.1, 0.15) is 0 Å². The van der Waals surface area contributed by atoms with Crippen LogP contribution >= 0.6 is 11.3 Å². The molecule has 0 unspecified atom stereocenters. The van der Waals surface area contributed by atoms with Crippen LogP contribution in [0.2, 0.25) is 0 Å². The van der Waals surface area contributed by atoms with E-state index in [4.69, 9.17) is 53.7 Å². The van der Waals surface area contributed by atoms with Crippen molar-refractivity contribution in [1.29, 1.82) is 0 Å². The maximum absolute atomic E-state index is 6.16. The summed E-state index contributed by atoms with van der Waals surface area (Å²) in [5.41, 5.74) is 23.6. The minimum atomic E-state index is 0.638. The third kappa shape index (κ3) is 16.0. The van der Waals surface area contributed by atoms with Gasteiger partial charge in [0.1, 0.15) is 22.3 Å². The van der Waals surface area contributed by atoms with E-state index in [-0.39, 0.29) is 0 Å². The second kappa shape index (κ2) is 35.1. The van der Waals surface area contributed by atoms with Gasteiger partial charge in [0, 0.05) is 91.8 Å². The molecule has 0 fully saturated rings. The second-order valence-electron chi connectivity index (χ2n) is 33.4. The average Bonchev–Trinajstić information content (AvgIpc) is 1.37. The van der Waals surface area contributed by atoms with Crippen molar-refractivity contribution in [3.8, 4) is 158 Å². The van der Waals surface area contributed by atoms with Crippen molar-refractivity contribution in [2.75, 3.05) is 0 Å². The molecule has 0 bridgehead atoms. The molecule has 0 N–H and O–H groups in total. The molecule has 0 saturated carbocycles. The van der Waals surface area contributed by atoms with Gasteiger partial charge in [-0.25, -0.2) is 44.9 Å². The van der Waals surface area contributed by atoms with Crippen molar-refractivity contribution in [3.63, 3.8) is 0 Å². The van der Waals surface area contributed by atoms with Gasteiger partial charge in [-0.3, -0.25) is 0 Å². The molecule has 26 aromatic rings. The maximum atomic E-state index is 6.16. The lowest BCUT2D eigenvalue weighted by molar-refractivity contribution is 0.668. The van der Waals surface area contributed by atoms with Crippen LogP contribution in [0.4, 0.5) is 0 Å². The number of aromatic nitrogens is 9. The molecule has 0 aliphatic carbocycles. The Bertz CT molecular complexity index is 8840. The van der Waals surface area contributed by atoms with E-state index in [2.05, 4.69) is 334 Å². The van der Waals surface area contributed by atoms with Crippen molar-refractivity contribution in [2.24, 2.45) is 0 Å². The topological polar surface area (TPSA) is 142 Å². The van der Waals surface area contributed by atoms with E-state index >= 15 is 0 Å². The van der Waals surface area contributed by atoms with E-state index in [1.54, 1.807) is 0 Å². The van der Waals surface area contributed by atoms with E-state index in [0.29, 0.717) is 52.4 Å². The minimum Gasteiger partial charge on any atom is -0.456 e. The molecular formula is C123H77N9O2S. The second-order valence-corrected chi connectivity index (χ2v) is 34.5. The van der Waals surface area contributed by atoms with Gasteiger partial charge in [-0.05, 0) is 161 Å². The summed E-state index contributed by atoms with van der Waals surface area (Å²) >= 11 is 1.85. The molecule has 12 heteroatoms. The Balaban J connectivity index is 0.000000111. The zero-order valence-corrected chi connectivity index (χ0v) is 73.5. The standard InChI is InChI=1S/C43H27N3S.C41H25N3O.C39H25N3O/c1-3-11-28(12-4-1)29-19-21-31(22-20-29)42-44-41(30-13-5-2-6-14-30)45-43(46-42)38-26-25-33(34-15-7-8-16-35(34)38)32-23-24-37-36-17-9-10-18-39(36)47-40(37)27-32;1-3-9-30-23-33(19-15-26(30)7-1)40-42-39(43-41(44-40)34-20-16-27-8-2-4-10-31(27)24-34)29-17-13-28(14-18-29)32-21-22-38-36(25-32)35-11-5-6-12-37(35)45-38;1-3-12-26(13-4-1)37-40-38(27-14-5-2-6-15-27)42-39(41-37)31-19-10-17-29(25-31)28-16-9-18-30(24-28)32-21-11-23-35-36(32)33-20-7-8-22-34(33)43-35/h1-27H;1-25H;1-25H. The maximum Gasteiger partial charge on any atom is 0.164 e. The molecule has 135 heavy (non-hydrogen) atoms. The SMILES string of the molecule is c1ccc(-c2ccc(-c3nc(-c4ccccc4)nc(-c4ccc(-c5ccc6c(c5)sc5ccccc56)c5ccccc45)n3)cc2)cc1.c1ccc(-c2nc(-c3ccccc3)nc(-c3cccc(-c4cccc(-c5cccc6oc7ccccc7c56)c4)c3)n2)cc1.c1ccc2cc(-c3nc(-c4ccc(-c5ccc6oc7ccccc7c6c5)cc4)nc(-c4ccc5ccccc5c4)n3)ccc2c1. The third-order valence-electron chi connectivity index (χ3n) is 25.0. The molecule has 20 aromatic carbocycles. The number of hydrogen-bond donors (Lipinski definition) is 0. The van der Waals surface area contributed by atoms with Gasteiger partial charge in [-0.1, -0.05) is 394 Å². The Morgan fingerprint density at radius 2 is 0.459 bits per heavy atom. The van der Waals surface area contributed by atoms with E-state index < -0.39 is 0 Å². The summed E-state index contributed by atoms with van der Waals surface area (Å²) in [6.07, 6.45) is 0. The van der Waals surface area contributed by atoms with Crippen LogP contribution in [-0.4, -0.2) is 44.9 Å². The summed E-state index contributed by atoms with van der Waals surface area (Å²) in [6.45, 7) is 0. The first kappa shape index (κ1) is 80.4. The predicted octanol–water partition coefficient (Wildman–Crippen LogP) is 32.6. The van der Waals surface area contributed by atoms with Gasteiger partial charge < -0.3 is 8.83 Å². The van der Waals surface area contributed by atoms with Gasteiger partial charge in [0.2, 0.25) is 0 Å². The highest BCUT2D eigenvalue weighted by Crippen LogP contribution is 2.44. The fourth-order valence-electron chi connectivity index (χ4n) is 18.2. The molecule has 0 amide bonds. The van der Waals surface area contributed by atoms with Gasteiger partial charge in [0.15, 0.2) is 52.4 Å². The van der Waals surface area contributed by atoms with Crippen LogP contribution < -0.4 is 0 Å². The van der Waals surface area contributed by atoms with Crippen LogP contribution in [0.5, 0.6) is 0 Å². The zero-order chi connectivity index (χ0) is 89.5. The largest absolute Gasteiger partial charge is 0.456 e. The normalized spacial score (nSPS) is 11.4. The van der Waals surface area contributed by atoms with Crippen molar-refractivity contribution in [2.45, 2.75) is 0 Å². The highest BCUT2D eigenvalue weighted by atomic mass is 32.1. The van der Waals surface area contributed by atoms with E-state index in [0.717, 1.165) is 149 Å². The lowest BCUT2D eigenvalue weighted by Gasteiger charge is -2.13. The number of hydrogen-bond acceptors (Lipinski definition) is 12. The van der Waals surface area contributed by atoms with Gasteiger partial charge in [-0.2, -0.15) is 0 Å². The van der Waals surface area contributed by atoms with Crippen molar-refractivity contribution in [3.05, 3.63) is 467 Å². The predicted molar refractivity (Wildman–Crippen MR) is 556 cm³/mol. The molecule has 0 radical (unpaired) electrons. The van der Waals surface area contributed by atoms with Crippen LogP contribution in [0.15, 0.2) is 476 Å². The molecular weight excluding hydrogens is 1670 g/mol. The summed E-state index contributed by atoms with van der Waals surface area (Å²) < 4.78 is 14.8. The number of benzene rings is 20. The molecule has 632 valence electrons. The minimum absolute atomic E-state index is 0.638. The molecule has 0 aliphatic rings. The highest BCUT2D eigenvalue weighted by molar-refractivity contribution is 7.25. The summed E-state index contributed by atoms with van der Waals surface area (Å²) in [7, 11) is 0. The molecule has 11 nitrogen and oxygen atoms in total. The summed E-state index contributed by atoms with van der Waals surface area (Å²) in [5, 5.41) is 14.1. The van der Waals surface area contributed by atoms with Gasteiger partial charge in [0.05, 0.1) is 0 Å². The molecule has 26 rings (SSSR count). The first-order valence-electron chi connectivity index (χ1n) is 45.0. The van der Waals surface area contributed by atoms with Crippen LogP contribution in [0.25, 0.3) is 254 Å². The molecule has 0 spiro atoms. The fourth-order valence-corrected chi connectivity index (χ4v) is 19.4. The van der Waals surface area contributed by atoms with Gasteiger partial charge in [-0.15, -0.1) is 11.3 Å². The fraction of sp³-hybridized carbons (Fsp3) is 0. The summed E-state index contributed by atoms with van der Waals surface area (Å²) in [4.78, 5) is 44.8. The Morgan fingerprint density at radius 1 is 0.141 bits per heavy atom. The first-order chi connectivity index (χ1) is 66.8. The van der Waals surface area contributed by atoms with Crippen molar-refractivity contribution < 1.29 is 8.83 Å². The lowest BCUT2D eigenvalue weighted by atomic mass is 9.94. The zero-order valence-electron chi connectivity index (χ0n) is 72.7. The summed E-state index contributed by atoms with van der Waals surface area (Å²) in [5.74, 6) is 5.83. The molecule has 0 atom stereocenters. The number of furan rings is 2. The Hall–Kier alpha value is -18.0. The number of fused-ring (bicyclic) bond motifs is 12. The number of nitrogens with zero attached hydrogens (tertiary/aromatic N) is 9. The molecule has 0 aliphatic heterocycles. The number of rotatable bonds is 14.